The van der Waals surface area contributed by atoms with E-state index in [0.717, 1.165) is 32.4 Å². The fraction of sp³-hybridized carbons (Fsp3) is 0.933. The third-order valence-electron chi connectivity index (χ3n) is 5.32. The molecule has 0 aromatic rings. The number of halogens is 3. The Morgan fingerprint density at radius 2 is 1.59 bits per heavy atom. The van der Waals surface area contributed by atoms with Crippen molar-refractivity contribution in [1.29, 1.82) is 0 Å². The first-order valence-electron chi connectivity index (χ1n) is 8.15. The van der Waals surface area contributed by atoms with Gasteiger partial charge in [-0.3, -0.25) is 4.90 Å². The summed E-state index contributed by atoms with van der Waals surface area (Å²) in [4.78, 5) is 18.2. The number of amides is 2. The highest BCUT2D eigenvalue weighted by Gasteiger charge is 2.51. The lowest BCUT2D eigenvalue weighted by molar-refractivity contribution is -0.203. The number of urea groups is 1. The summed E-state index contributed by atoms with van der Waals surface area (Å²) in [5, 5.41) is 0. The van der Waals surface area contributed by atoms with Crippen LogP contribution in [-0.2, 0) is 0 Å². The molecule has 0 radical (unpaired) electrons. The molecule has 0 saturated carbocycles. The molecule has 4 nitrogen and oxygen atoms in total. The summed E-state index contributed by atoms with van der Waals surface area (Å²) >= 11 is 0. The molecule has 2 unspecified atom stereocenters. The number of alkyl halides is 3. The molecule has 3 heterocycles. The fourth-order valence-corrected chi connectivity index (χ4v) is 3.88. The van der Waals surface area contributed by atoms with Gasteiger partial charge in [-0.25, -0.2) is 4.79 Å². The van der Waals surface area contributed by atoms with Gasteiger partial charge in [0.1, 0.15) is 0 Å². The highest BCUT2D eigenvalue weighted by atomic mass is 19.4. The molecule has 2 atom stereocenters. The van der Waals surface area contributed by atoms with E-state index in [1.54, 1.807) is 0 Å². The molecular weight excluding hydrogens is 295 g/mol. The quantitative estimate of drug-likeness (QED) is 0.743. The molecule has 0 aliphatic carbocycles. The standard InChI is InChI=1S/C15H24F3N3O/c1-10(2)19-8-12-4-3-5-13(9-19)21(12)14(22)20-6-11(7-20)15(16,17)18/h10-13H,3-9H2,1-2H3. The number of carbonyl (C=O) groups excluding carboxylic acids is 1. The summed E-state index contributed by atoms with van der Waals surface area (Å²) in [7, 11) is 0. The van der Waals surface area contributed by atoms with Crippen molar-refractivity contribution < 1.29 is 18.0 Å². The van der Waals surface area contributed by atoms with E-state index in [2.05, 4.69) is 18.7 Å². The largest absolute Gasteiger partial charge is 0.395 e. The predicted molar refractivity (Wildman–Crippen MR) is 76.5 cm³/mol. The van der Waals surface area contributed by atoms with Crippen molar-refractivity contribution in [2.75, 3.05) is 26.2 Å². The lowest BCUT2D eigenvalue weighted by atomic mass is 9.90. The zero-order valence-corrected chi connectivity index (χ0v) is 13.1. The van der Waals surface area contributed by atoms with Gasteiger partial charge in [0.2, 0.25) is 0 Å². The third-order valence-corrected chi connectivity index (χ3v) is 5.32. The predicted octanol–water partition coefficient (Wildman–Crippen LogP) is 2.55. The molecule has 22 heavy (non-hydrogen) atoms. The van der Waals surface area contributed by atoms with Crippen molar-refractivity contribution in [2.24, 2.45) is 5.92 Å². The zero-order valence-electron chi connectivity index (χ0n) is 13.1. The highest BCUT2D eigenvalue weighted by Crippen LogP contribution is 2.36. The van der Waals surface area contributed by atoms with Crippen LogP contribution in [0.3, 0.4) is 0 Å². The maximum absolute atomic E-state index is 12.6. The maximum atomic E-state index is 12.6. The summed E-state index contributed by atoms with van der Waals surface area (Å²) in [5.74, 6) is -1.34. The van der Waals surface area contributed by atoms with Crippen molar-refractivity contribution >= 4 is 6.03 Å². The van der Waals surface area contributed by atoms with E-state index >= 15 is 0 Å². The second kappa shape index (κ2) is 5.58. The van der Waals surface area contributed by atoms with Crippen molar-refractivity contribution in [3.63, 3.8) is 0 Å². The van der Waals surface area contributed by atoms with Gasteiger partial charge in [-0.05, 0) is 33.1 Å². The van der Waals surface area contributed by atoms with Crippen LogP contribution in [0.1, 0.15) is 33.1 Å². The molecule has 0 aromatic heterocycles. The summed E-state index contributed by atoms with van der Waals surface area (Å²) in [5.41, 5.74) is 0. The topological polar surface area (TPSA) is 26.8 Å². The molecule has 0 spiro atoms. The molecule has 0 N–H and O–H groups in total. The number of nitrogens with zero attached hydrogens (tertiary/aromatic N) is 3. The van der Waals surface area contributed by atoms with Gasteiger partial charge in [0.15, 0.2) is 0 Å². The molecule has 7 heteroatoms. The van der Waals surface area contributed by atoms with E-state index in [0.29, 0.717) is 6.04 Å². The Balaban J connectivity index is 1.64. The van der Waals surface area contributed by atoms with E-state index in [1.807, 2.05) is 4.90 Å². The number of fused-ring (bicyclic) bond motifs is 2. The van der Waals surface area contributed by atoms with E-state index in [9.17, 15) is 18.0 Å². The number of piperidine rings is 1. The van der Waals surface area contributed by atoms with Crippen molar-refractivity contribution in [3.8, 4) is 0 Å². The summed E-state index contributed by atoms with van der Waals surface area (Å²) in [6.07, 6.45) is -1.15. The Labute approximate surface area is 129 Å². The average molecular weight is 319 g/mol. The van der Waals surface area contributed by atoms with Crippen molar-refractivity contribution in [1.82, 2.24) is 14.7 Å². The molecule has 3 aliphatic rings. The van der Waals surface area contributed by atoms with E-state index < -0.39 is 12.1 Å². The minimum absolute atomic E-state index is 0.160. The monoisotopic (exact) mass is 319 g/mol. The second-order valence-corrected chi connectivity index (χ2v) is 7.12. The number of hydrogen-bond acceptors (Lipinski definition) is 2. The van der Waals surface area contributed by atoms with Gasteiger partial charge in [0, 0.05) is 44.3 Å². The molecule has 2 amide bonds. The molecule has 3 saturated heterocycles. The van der Waals surface area contributed by atoms with Crippen LogP contribution in [0.5, 0.6) is 0 Å². The van der Waals surface area contributed by atoms with Gasteiger partial charge < -0.3 is 9.80 Å². The molecule has 126 valence electrons. The molecule has 0 aromatic carbocycles. The van der Waals surface area contributed by atoms with Crippen LogP contribution < -0.4 is 0 Å². The molecule has 2 bridgehead atoms. The first kappa shape index (κ1) is 15.9. The number of hydrogen-bond donors (Lipinski definition) is 0. The van der Waals surface area contributed by atoms with E-state index in [-0.39, 0.29) is 31.2 Å². The molecule has 3 rings (SSSR count). The second-order valence-electron chi connectivity index (χ2n) is 7.12. The fourth-order valence-electron chi connectivity index (χ4n) is 3.88. The Hall–Kier alpha value is -0.980. The molecular formula is C15H24F3N3O. The number of likely N-dealkylation sites (tertiary alicyclic amines) is 2. The Kier molecular flexibility index (Phi) is 4.03. The normalized spacial score (nSPS) is 30.6. The van der Waals surface area contributed by atoms with Crippen LogP contribution in [0.25, 0.3) is 0 Å². The first-order chi connectivity index (χ1) is 10.3. The lowest BCUT2D eigenvalue weighted by Crippen LogP contribution is -2.68. The van der Waals surface area contributed by atoms with Crippen LogP contribution >= 0.6 is 0 Å². The minimum atomic E-state index is -4.18. The number of rotatable bonds is 1. The van der Waals surface area contributed by atoms with Gasteiger partial charge in [-0.2, -0.15) is 13.2 Å². The summed E-state index contributed by atoms with van der Waals surface area (Å²) in [6.45, 7) is 5.64. The zero-order chi connectivity index (χ0) is 16.1. The van der Waals surface area contributed by atoms with Gasteiger partial charge in [-0.15, -0.1) is 0 Å². The Morgan fingerprint density at radius 3 is 2.05 bits per heavy atom. The van der Waals surface area contributed by atoms with Crippen molar-refractivity contribution in [2.45, 2.75) is 57.4 Å². The minimum Gasteiger partial charge on any atom is -0.323 e. The lowest BCUT2D eigenvalue weighted by Gasteiger charge is -2.54. The van der Waals surface area contributed by atoms with E-state index in [4.69, 9.17) is 0 Å². The number of piperazine rings is 1. The summed E-state index contributed by atoms with van der Waals surface area (Å²) in [6, 6.07) is 0.581. The van der Waals surface area contributed by atoms with Gasteiger partial charge >= 0.3 is 12.2 Å². The first-order valence-corrected chi connectivity index (χ1v) is 8.15. The molecule has 3 fully saturated rings. The van der Waals surface area contributed by atoms with Gasteiger partial charge in [0.25, 0.3) is 0 Å². The van der Waals surface area contributed by atoms with Gasteiger partial charge in [0.05, 0.1) is 5.92 Å². The van der Waals surface area contributed by atoms with Crippen LogP contribution in [0, 0.1) is 5.92 Å². The Morgan fingerprint density at radius 1 is 1.05 bits per heavy atom. The van der Waals surface area contributed by atoms with Crippen LogP contribution in [-0.4, -0.2) is 71.2 Å². The van der Waals surface area contributed by atoms with Crippen LogP contribution in [0.4, 0.5) is 18.0 Å². The highest BCUT2D eigenvalue weighted by molar-refractivity contribution is 5.76. The maximum Gasteiger partial charge on any atom is 0.395 e. The number of carbonyl (C=O) groups is 1. The van der Waals surface area contributed by atoms with Crippen molar-refractivity contribution in [3.05, 3.63) is 0 Å². The van der Waals surface area contributed by atoms with Gasteiger partial charge in [-0.1, -0.05) is 0 Å². The average Bonchev–Trinajstić information content (AvgIpc) is 2.33. The third kappa shape index (κ3) is 2.79. The van der Waals surface area contributed by atoms with Crippen LogP contribution in [0.15, 0.2) is 0 Å². The smallest absolute Gasteiger partial charge is 0.323 e. The SMILES string of the molecule is CC(C)N1CC2CCCC(C1)N2C(=O)N1CC(C(F)(F)F)C1. The van der Waals surface area contributed by atoms with Crippen LogP contribution in [0.2, 0.25) is 0 Å². The Bertz CT molecular complexity index is 420. The molecule has 3 aliphatic heterocycles. The summed E-state index contributed by atoms with van der Waals surface area (Å²) < 4.78 is 37.8. The van der Waals surface area contributed by atoms with E-state index in [1.165, 1.54) is 4.90 Å².